The average molecular weight is 611 g/mol. The highest BCUT2D eigenvalue weighted by Gasteiger charge is 2.22. The number of nitrogens with two attached hydrogens (primary N) is 1. The van der Waals surface area contributed by atoms with E-state index in [0.717, 1.165) is 11.1 Å². The second-order valence-corrected chi connectivity index (χ2v) is 11.9. The number of anilines is 5. The standard InChI is InChI=1S/C29H29Cl2N7O2S/c1-4-38(5-2)41(39,40)22-12-10-21(11-13-22)36-28-27(33)29(35-17-34-28)37-26-15-25(31)23(14-18(26)3)24(16-32)19-6-8-20(30)9-7-19/h6-15,17,24H,4-5,33H2,1-3H3,(H2,34,35,36,37). The van der Waals surface area contributed by atoms with E-state index in [1.54, 1.807) is 44.2 Å². The van der Waals surface area contributed by atoms with Gasteiger partial charge in [0.2, 0.25) is 10.0 Å². The molecule has 0 saturated heterocycles. The van der Waals surface area contributed by atoms with Crippen molar-refractivity contribution in [3.05, 3.63) is 93.7 Å². The molecule has 9 nitrogen and oxygen atoms in total. The van der Waals surface area contributed by atoms with Gasteiger partial charge in [-0.25, -0.2) is 18.4 Å². The van der Waals surface area contributed by atoms with Gasteiger partial charge in [-0.2, -0.15) is 9.57 Å². The van der Waals surface area contributed by atoms with Gasteiger partial charge in [-0.15, -0.1) is 0 Å². The summed E-state index contributed by atoms with van der Waals surface area (Å²) in [6, 6.07) is 19.4. The molecule has 1 heterocycles. The van der Waals surface area contributed by atoms with Crippen LogP contribution in [0.4, 0.5) is 28.7 Å². The van der Waals surface area contributed by atoms with Gasteiger partial charge in [0.25, 0.3) is 0 Å². The first-order chi connectivity index (χ1) is 19.6. The van der Waals surface area contributed by atoms with Crippen LogP contribution >= 0.6 is 23.2 Å². The van der Waals surface area contributed by atoms with E-state index in [1.807, 2.05) is 25.1 Å². The molecule has 3 aromatic carbocycles. The van der Waals surface area contributed by atoms with Gasteiger partial charge in [-0.05, 0) is 66.1 Å². The molecule has 0 radical (unpaired) electrons. The number of aryl methyl sites for hydroxylation is 1. The van der Waals surface area contributed by atoms with Gasteiger partial charge in [0.05, 0.1) is 16.9 Å². The lowest BCUT2D eigenvalue weighted by molar-refractivity contribution is 0.445. The summed E-state index contributed by atoms with van der Waals surface area (Å²) < 4.78 is 26.9. The van der Waals surface area contributed by atoms with Crippen molar-refractivity contribution >= 4 is 61.9 Å². The number of nitrogens with zero attached hydrogens (tertiary/aromatic N) is 4. The minimum atomic E-state index is -3.56. The van der Waals surface area contributed by atoms with Gasteiger partial charge in [0.1, 0.15) is 12.0 Å². The summed E-state index contributed by atoms with van der Waals surface area (Å²) in [5.74, 6) is 0.125. The maximum atomic E-state index is 12.8. The smallest absolute Gasteiger partial charge is 0.243 e. The van der Waals surface area contributed by atoms with Gasteiger partial charge < -0.3 is 16.4 Å². The lowest BCUT2D eigenvalue weighted by Crippen LogP contribution is -2.30. The van der Waals surface area contributed by atoms with Gasteiger partial charge in [0, 0.05) is 34.5 Å². The van der Waals surface area contributed by atoms with Crippen molar-refractivity contribution in [2.75, 3.05) is 29.5 Å². The maximum Gasteiger partial charge on any atom is 0.243 e. The number of hydrogen-bond acceptors (Lipinski definition) is 8. The van der Waals surface area contributed by atoms with Crippen LogP contribution in [0.3, 0.4) is 0 Å². The molecule has 4 aromatic rings. The molecule has 4 N–H and O–H groups in total. The summed E-state index contributed by atoms with van der Waals surface area (Å²) in [7, 11) is -3.56. The number of hydrogen-bond donors (Lipinski definition) is 3. The number of rotatable bonds is 10. The average Bonchev–Trinajstić information content (AvgIpc) is 2.95. The molecule has 0 fully saturated rings. The van der Waals surface area contributed by atoms with Crippen LogP contribution in [0.15, 0.2) is 71.9 Å². The zero-order valence-corrected chi connectivity index (χ0v) is 25.0. The van der Waals surface area contributed by atoms with E-state index in [-0.39, 0.29) is 10.6 Å². The first-order valence-corrected chi connectivity index (χ1v) is 15.0. The van der Waals surface area contributed by atoms with Crippen LogP contribution in [0.1, 0.15) is 36.5 Å². The molecule has 0 aliphatic carbocycles. The number of aromatic nitrogens is 2. The van der Waals surface area contributed by atoms with E-state index in [9.17, 15) is 13.7 Å². The van der Waals surface area contributed by atoms with Gasteiger partial charge >= 0.3 is 0 Å². The Bertz CT molecular complexity index is 1690. The van der Waals surface area contributed by atoms with Gasteiger partial charge in [0.15, 0.2) is 11.6 Å². The quantitative estimate of drug-likeness (QED) is 0.177. The number of halogens is 2. The first kappa shape index (κ1) is 30.1. The number of sulfonamides is 1. The molecule has 1 aromatic heterocycles. The third-order valence-electron chi connectivity index (χ3n) is 6.58. The molecule has 1 unspecified atom stereocenters. The highest BCUT2D eigenvalue weighted by molar-refractivity contribution is 7.89. The Hall–Kier alpha value is -3.88. The monoisotopic (exact) mass is 609 g/mol. The number of nitrogen functional groups attached to an aromatic ring is 1. The van der Waals surface area contributed by atoms with Crippen LogP contribution in [0.5, 0.6) is 0 Å². The molecule has 0 bridgehead atoms. The summed E-state index contributed by atoms with van der Waals surface area (Å²) in [6.07, 6.45) is 1.36. The third kappa shape index (κ3) is 6.55. The van der Waals surface area contributed by atoms with Crippen molar-refractivity contribution in [3.63, 3.8) is 0 Å². The van der Waals surface area contributed by atoms with Crippen molar-refractivity contribution in [2.24, 2.45) is 0 Å². The van der Waals surface area contributed by atoms with Crippen molar-refractivity contribution in [3.8, 4) is 6.07 Å². The summed E-state index contributed by atoms with van der Waals surface area (Å²) in [5.41, 5.74) is 10.2. The predicted octanol–water partition coefficient (Wildman–Crippen LogP) is 6.85. The van der Waals surface area contributed by atoms with Crippen LogP contribution in [-0.2, 0) is 10.0 Å². The maximum absolute atomic E-state index is 12.8. The van der Waals surface area contributed by atoms with Crippen molar-refractivity contribution in [1.29, 1.82) is 5.26 Å². The van der Waals surface area contributed by atoms with Crippen molar-refractivity contribution in [2.45, 2.75) is 31.6 Å². The van der Waals surface area contributed by atoms with Crippen molar-refractivity contribution < 1.29 is 8.42 Å². The fraction of sp³-hybridized carbons (Fsp3) is 0.207. The summed E-state index contributed by atoms with van der Waals surface area (Å²) in [5, 5.41) is 17.2. The number of benzene rings is 3. The van der Waals surface area contributed by atoms with Gasteiger partial charge in [-0.3, -0.25) is 0 Å². The second kappa shape index (κ2) is 12.7. The number of nitrogens with one attached hydrogen (secondary N) is 2. The molecule has 0 aliphatic heterocycles. The lowest BCUT2D eigenvalue weighted by atomic mass is 9.91. The van der Waals surface area contributed by atoms with Crippen LogP contribution in [-0.4, -0.2) is 35.8 Å². The Morgan fingerprint density at radius 2 is 1.59 bits per heavy atom. The SMILES string of the molecule is CCN(CC)S(=O)(=O)c1ccc(Nc2ncnc(Nc3cc(Cl)c(C(C#N)c4ccc(Cl)cc4)cc3C)c2N)cc1. The minimum Gasteiger partial charge on any atom is -0.393 e. The summed E-state index contributed by atoms with van der Waals surface area (Å²) in [6.45, 7) is 6.27. The molecule has 0 spiro atoms. The Morgan fingerprint density at radius 3 is 2.17 bits per heavy atom. The molecule has 212 valence electrons. The van der Waals surface area contributed by atoms with E-state index >= 15 is 0 Å². The van der Waals surface area contributed by atoms with Crippen LogP contribution < -0.4 is 16.4 Å². The Kier molecular flexibility index (Phi) is 9.35. The van der Waals surface area contributed by atoms with Gasteiger partial charge in [-0.1, -0.05) is 55.2 Å². The molecule has 12 heteroatoms. The second-order valence-electron chi connectivity index (χ2n) is 9.15. The molecule has 4 rings (SSSR count). The summed E-state index contributed by atoms with van der Waals surface area (Å²) in [4.78, 5) is 8.73. The highest BCUT2D eigenvalue weighted by Crippen LogP contribution is 2.36. The first-order valence-electron chi connectivity index (χ1n) is 12.8. The zero-order valence-electron chi connectivity index (χ0n) is 22.7. The van der Waals surface area contributed by atoms with E-state index < -0.39 is 15.9 Å². The number of nitriles is 1. The highest BCUT2D eigenvalue weighted by atomic mass is 35.5. The largest absolute Gasteiger partial charge is 0.393 e. The Morgan fingerprint density at radius 1 is 0.976 bits per heavy atom. The molecule has 41 heavy (non-hydrogen) atoms. The van der Waals surface area contributed by atoms with E-state index in [2.05, 4.69) is 26.7 Å². The van der Waals surface area contributed by atoms with Crippen LogP contribution in [0.2, 0.25) is 10.0 Å². The normalized spacial score (nSPS) is 12.1. The molecule has 0 saturated carbocycles. The lowest BCUT2D eigenvalue weighted by Gasteiger charge is -2.19. The Balaban J connectivity index is 1.56. The molecule has 0 aliphatic rings. The molecule has 1 atom stereocenters. The zero-order chi connectivity index (χ0) is 29.7. The van der Waals surface area contributed by atoms with Crippen molar-refractivity contribution in [1.82, 2.24) is 14.3 Å². The molecular weight excluding hydrogens is 581 g/mol. The molecular formula is C29H29Cl2N7O2S. The molecule has 0 amide bonds. The van der Waals surface area contributed by atoms with E-state index in [0.29, 0.717) is 51.7 Å². The van der Waals surface area contributed by atoms with E-state index in [1.165, 1.54) is 22.8 Å². The minimum absolute atomic E-state index is 0.204. The fourth-order valence-electron chi connectivity index (χ4n) is 4.32. The summed E-state index contributed by atoms with van der Waals surface area (Å²) >= 11 is 12.7. The fourth-order valence-corrected chi connectivity index (χ4v) is 6.18. The predicted molar refractivity (Wildman–Crippen MR) is 165 cm³/mol. The van der Waals surface area contributed by atoms with E-state index in [4.69, 9.17) is 28.9 Å². The van der Waals surface area contributed by atoms with Crippen LogP contribution in [0, 0.1) is 18.3 Å². The van der Waals surface area contributed by atoms with Crippen LogP contribution in [0.25, 0.3) is 0 Å². The Labute approximate surface area is 250 Å². The third-order valence-corrected chi connectivity index (χ3v) is 9.23. The topological polar surface area (TPSA) is 137 Å².